The zero-order chi connectivity index (χ0) is 14.9. The highest BCUT2D eigenvalue weighted by molar-refractivity contribution is 5.68. The fourth-order valence-electron chi connectivity index (χ4n) is 2.15. The summed E-state index contributed by atoms with van der Waals surface area (Å²) in [7, 11) is 0. The molecule has 5 heteroatoms. The number of aromatic nitrogens is 1. The van der Waals surface area contributed by atoms with Gasteiger partial charge in [-0.05, 0) is 39.3 Å². The van der Waals surface area contributed by atoms with Crippen molar-refractivity contribution in [2.45, 2.75) is 52.4 Å². The van der Waals surface area contributed by atoms with Crippen molar-refractivity contribution in [2.24, 2.45) is 0 Å². The van der Waals surface area contributed by atoms with Crippen molar-refractivity contribution in [3.05, 3.63) is 29.1 Å². The first-order chi connectivity index (χ1) is 9.26. The molecule has 2 heterocycles. The third kappa shape index (κ3) is 3.48. The molecule has 20 heavy (non-hydrogen) atoms. The van der Waals surface area contributed by atoms with Gasteiger partial charge < -0.3 is 14.7 Å². The summed E-state index contributed by atoms with van der Waals surface area (Å²) < 4.78 is 5.38. The second-order valence-corrected chi connectivity index (χ2v) is 6.17. The van der Waals surface area contributed by atoms with Gasteiger partial charge in [0.1, 0.15) is 5.60 Å². The number of rotatable bonds is 1. The molecule has 1 aromatic rings. The molecule has 0 aliphatic carbocycles. The van der Waals surface area contributed by atoms with Gasteiger partial charge in [-0.1, -0.05) is 6.07 Å². The minimum absolute atomic E-state index is 0.289. The molecule has 1 aliphatic heterocycles. The Labute approximate surface area is 119 Å². The smallest absolute Gasteiger partial charge is 0.410 e. The van der Waals surface area contributed by atoms with Crippen LogP contribution in [-0.2, 0) is 17.7 Å². The summed E-state index contributed by atoms with van der Waals surface area (Å²) in [5, 5.41) is 9.55. The lowest BCUT2D eigenvalue weighted by molar-refractivity contribution is 0.0222. The first kappa shape index (κ1) is 14.8. The van der Waals surface area contributed by atoms with Crippen LogP contribution in [0.1, 0.15) is 50.8 Å². The predicted octanol–water partition coefficient (Wildman–Crippen LogP) is 2.43. The molecule has 110 valence electrons. The normalized spacial score (nSPS) is 16.6. The van der Waals surface area contributed by atoms with Crippen molar-refractivity contribution in [1.29, 1.82) is 0 Å². The lowest BCUT2D eigenvalue weighted by Gasteiger charge is -2.31. The van der Waals surface area contributed by atoms with E-state index in [-0.39, 0.29) is 6.09 Å². The molecule has 1 amide bonds. The van der Waals surface area contributed by atoms with E-state index in [1.165, 1.54) is 0 Å². The number of ether oxygens (including phenoxy) is 1. The van der Waals surface area contributed by atoms with Crippen LogP contribution in [0.25, 0.3) is 0 Å². The molecule has 1 aromatic heterocycles. The van der Waals surface area contributed by atoms with Crippen LogP contribution in [-0.4, -0.2) is 33.2 Å². The van der Waals surface area contributed by atoms with Crippen LogP contribution in [0, 0.1) is 0 Å². The highest BCUT2D eigenvalue weighted by Gasteiger charge is 2.26. The number of pyridine rings is 1. The molecule has 2 rings (SSSR count). The zero-order valence-corrected chi connectivity index (χ0v) is 12.5. The topological polar surface area (TPSA) is 62.7 Å². The van der Waals surface area contributed by atoms with Gasteiger partial charge in [-0.25, -0.2) is 4.79 Å². The number of fused-ring (bicyclic) bond motifs is 1. The second kappa shape index (κ2) is 5.40. The van der Waals surface area contributed by atoms with Crippen LogP contribution in [0.2, 0.25) is 0 Å². The Kier molecular flexibility index (Phi) is 3.99. The number of hydrogen-bond donors (Lipinski definition) is 1. The summed E-state index contributed by atoms with van der Waals surface area (Å²) in [6.45, 7) is 8.39. The highest BCUT2D eigenvalue weighted by Crippen LogP contribution is 2.21. The van der Waals surface area contributed by atoms with Gasteiger partial charge in [0.15, 0.2) is 0 Å². The zero-order valence-electron chi connectivity index (χ0n) is 12.5. The maximum Gasteiger partial charge on any atom is 0.410 e. The van der Waals surface area contributed by atoms with Gasteiger partial charge in [-0.15, -0.1) is 0 Å². The molecular weight excluding hydrogens is 256 g/mol. The Balaban J connectivity index is 2.10. The van der Waals surface area contributed by atoms with Gasteiger partial charge in [0, 0.05) is 18.7 Å². The van der Waals surface area contributed by atoms with Crippen molar-refractivity contribution in [3.63, 3.8) is 0 Å². The maximum atomic E-state index is 12.0. The minimum atomic E-state index is -0.566. The van der Waals surface area contributed by atoms with E-state index in [2.05, 4.69) is 4.98 Å². The molecule has 0 saturated carbocycles. The molecule has 0 spiro atoms. The van der Waals surface area contributed by atoms with Crippen LogP contribution in [0.3, 0.4) is 0 Å². The number of aliphatic hydroxyl groups is 1. The molecular formula is C15H22N2O3. The Morgan fingerprint density at radius 2 is 2.15 bits per heavy atom. The van der Waals surface area contributed by atoms with Crippen molar-refractivity contribution < 1.29 is 14.6 Å². The molecule has 0 radical (unpaired) electrons. The number of amides is 1. The summed E-state index contributed by atoms with van der Waals surface area (Å²) >= 11 is 0. The van der Waals surface area contributed by atoms with Gasteiger partial charge in [-0.3, -0.25) is 4.98 Å². The molecule has 0 aromatic carbocycles. The van der Waals surface area contributed by atoms with Crippen LogP contribution < -0.4 is 0 Å². The summed E-state index contributed by atoms with van der Waals surface area (Å²) in [5.74, 6) is 0. The SMILES string of the molecule is CC(O)c1ccc2c(n1)CCN(C(=O)OC(C)(C)C)C2. The number of hydrogen-bond acceptors (Lipinski definition) is 4. The third-order valence-corrected chi connectivity index (χ3v) is 3.15. The van der Waals surface area contributed by atoms with Gasteiger partial charge in [0.25, 0.3) is 0 Å². The van der Waals surface area contributed by atoms with Crippen LogP contribution in [0.5, 0.6) is 0 Å². The average molecular weight is 278 g/mol. The summed E-state index contributed by atoms with van der Waals surface area (Å²) in [6, 6.07) is 3.74. The molecule has 1 unspecified atom stereocenters. The van der Waals surface area contributed by atoms with E-state index >= 15 is 0 Å². The number of nitrogens with zero attached hydrogens (tertiary/aromatic N) is 2. The minimum Gasteiger partial charge on any atom is -0.444 e. The summed E-state index contributed by atoms with van der Waals surface area (Å²) in [6.07, 6.45) is -0.165. The molecule has 1 aliphatic rings. The van der Waals surface area contributed by atoms with Crippen LogP contribution in [0.15, 0.2) is 12.1 Å². The first-order valence-electron chi connectivity index (χ1n) is 6.91. The second-order valence-electron chi connectivity index (χ2n) is 6.17. The third-order valence-electron chi connectivity index (χ3n) is 3.15. The molecule has 5 nitrogen and oxygen atoms in total. The monoisotopic (exact) mass is 278 g/mol. The molecule has 1 N–H and O–H groups in total. The predicted molar refractivity (Wildman–Crippen MR) is 75.2 cm³/mol. The van der Waals surface area contributed by atoms with E-state index < -0.39 is 11.7 Å². The van der Waals surface area contributed by atoms with Crippen LogP contribution >= 0.6 is 0 Å². The van der Waals surface area contributed by atoms with E-state index in [1.54, 1.807) is 11.8 Å². The molecule has 0 saturated heterocycles. The van der Waals surface area contributed by atoms with Gasteiger partial charge in [0.2, 0.25) is 0 Å². The Morgan fingerprint density at radius 1 is 1.45 bits per heavy atom. The molecule has 1 atom stereocenters. The van der Waals surface area contributed by atoms with Crippen molar-refractivity contribution >= 4 is 6.09 Å². The number of carbonyl (C=O) groups excluding carboxylic acids is 1. The number of aliphatic hydroxyl groups excluding tert-OH is 1. The van der Waals surface area contributed by atoms with E-state index in [1.807, 2.05) is 32.9 Å². The molecule has 0 fully saturated rings. The average Bonchev–Trinajstić information content (AvgIpc) is 2.35. The van der Waals surface area contributed by atoms with Gasteiger partial charge in [-0.2, -0.15) is 0 Å². The summed E-state index contributed by atoms with van der Waals surface area (Å²) in [4.78, 5) is 18.2. The van der Waals surface area contributed by atoms with E-state index in [0.29, 0.717) is 25.2 Å². The Bertz CT molecular complexity index is 506. The van der Waals surface area contributed by atoms with Crippen LogP contribution in [0.4, 0.5) is 4.79 Å². The largest absolute Gasteiger partial charge is 0.444 e. The van der Waals surface area contributed by atoms with Gasteiger partial charge in [0.05, 0.1) is 18.3 Å². The summed E-state index contributed by atoms with van der Waals surface area (Å²) in [5.41, 5.74) is 2.18. The Morgan fingerprint density at radius 3 is 2.75 bits per heavy atom. The van der Waals surface area contributed by atoms with E-state index in [0.717, 1.165) is 11.3 Å². The quantitative estimate of drug-likeness (QED) is 0.857. The molecule has 0 bridgehead atoms. The Hall–Kier alpha value is -1.62. The van der Waals surface area contributed by atoms with Crippen molar-refractivity contribution in [1.82, 2.24) is 9.88 Å². The lowest BCUT2D eigenvalue weighted by Crippen LogP contribution is -2.40. The van der Waals surface area contributed by atoms with E-state index in [9.17, 15) is 9.90 Å². The van der Waals surface area contributed by atoms with E-state index in [4.69, 9.17) is 4.74 Å². The maximum absolute atomic E-state index is 12.0. The lowest BCUT2D eigenvalue weighted by atomic mass is 10.0. The first-order valence-corrected chi connectivity index (χ1v) is 6.91. The fourth-order valence-corrected chi connectivity index (χ4v) is 2.15. The number of carbonyl (C=O) groups is 1. The van der Waals surface area contributed by atoms with Gasteiger partial charge >= 0.3 is 6.09 Å². The van der Waals surface area contributed by atoms with Crippen molar-refractivity contribution in [3.8, 4) is 0 Å². The van der Waals surface area contributed by atoms with Crippen molar-refractivity contribution in [2.75, 3.05) is 6.54 Å². The fraction of sp³-hybridized carbons (Fsp3) is 0.600. The highest BCUT2D eigenvalue weighted by atomic mass is 16.6. The standard InChI is InChI=1S/C15H22N2O3/c1-10(18)12-6-5-11-9-17(8-7-13(11)16-12)14(19)20-15(2,3)4/h5-6,10,18H,7-9H2,1-4H3.